The Balaban J connectivity index is 1.08. The molecule has 0 aromatic heterocycles. The molecule has 7 rings (SSSR count). The van der Waals surface area contributed by atoms with Crippen LogP contribution in [-0.2, 0) is 38.0 Å². The standard InChI is InChI=1S/C43H68O19/c1-17(15-44)5-8-24(46)18(2)27-25(47)14-23-21-7-6-19-13-20(9-11-42(19,3)22(21)10-12-43(23,27)4)57-41-36(60-40-33(53)29(49)31(51)38(56)62-40)34(54)35(26(16-45)58-41)59-39-32(52)28(48)30(50)37(55)61-39/h6,17-18,20-23,26-41,44-45,48-56H,5,7-16H2,1-4H3/t17-,18-,20?,21-,22+,23+,26?,27-,28?,29?,30-,31-,32?,33?,34?,35-,36?,37?,38?,39-,40-,41-,42+,43+/m1/s1. The molecule has 0 aromatic rings. The molecule has 24 atom stereocenters. The van der Waals surface area contributed by atoms with Crippen molar-refractivity contribution in [3.05, 3.63) is 11.6 Å². The van der Waals surface area contributed by atoms with Crippen LogP contribution in [0.3, 0.4) is 0 Å². The Morgan fingerprint density at radius 2 is 1.35 bits per heavy atom. The molecular weight excluding hydrogens is 820 g/mol. The third-order valence-electron chi connectivity index (χ3n) is 16.0. The normalized spacial score (nSPS) is 50.5. The van der Waals surface area contributed by atoms with Crippen molar-refractivity contribution in [2.45, 2.75) is 184 Å². The minimum atomic E-state index is -2.00. The highest BCUT2D eigenvalue weighted by Gasteiger charge is 2.63. The maximum atomic E-state index is 13.8. The van der Waals surface area contributed by atoms with Gasteiger partial charge in [-0.1, -0.05) is 39.3 Å². The molecule has 19 heteroatoms. The maximum absolute atomic E-state index is 13.8. The molecule has 354 valence electrons. The Morgan fingerprint density at radius 1 is 0.742 bits per heavy atom. The predicted molar refractivity (Wildman–Crippen MR) is 209 cm³/mol. The highest BCUT2D eigenvalue weighted by molar-refractivity contribution is 5.92. The van der Waals surface area contributed by atoms with Crippen LogP contribution in [0, 0.1) is 46.3 Å². The predicted octanol–water partition coefficient (Wildman–Crippen LogP) is -1.89. The molecule has 4 aliphatic carbocycles. The van der Waals surface area contributed by atoms with E-state index in [1.807, 2.05) is 13.8 Å². The van der Waals surface area contributed by atoms with Crippen molar-refractivity contribution < 1.29 is 94.2 Å². The molecule has 3 saturated carbocycles. The van der Waals surface area contributed by atoms with Crippen LogP contribution < -0.4 is 0 Å². The molecule has 62 heavy (non-hydrogen) atoms. The minimum absolute atomic E-state index is 0.0158. The van der Waals surface area contributed by atoms with Crippen LogP contribution in [0.15, 0.2) is 11.6 Å². The molecular formula is C43H68O19. The number of aliphatic hydroxyl groups excluding tert-OH is 11. The van der Waals surface area contributed by atoms with Gasteiger partial charge in [0.25, 0.3) is 0 Å². The van der Waals surface area contributed by atoms with Crippen LogP contribution >= 0.6 is 0 Å². The number of ether oxygens (including phenoxy) is 6. The molecule has 0 bridgehead atoms. The second kappa shape index (κ2) is 18.9. The zero-order chi connectivity index (χ0) is 45.2. The van der Waals surface area contributed by atoms with E-state index in [0.29, 0.717) is 38.5 Å². The number of fused-ring (bicyclic) bond motifs is 5. The molecule has 19 nitrogen and oxygen atoms in total. The molecule has 0 amide bonds. The average molecular weight is 889 g/mol. The summed E-state index contributed by atoms with van der Waals surface area (Å²) in [6.07, 6.45) is -20.0. The summed E-state index contributed by atoms with van der Waals surface area (Å²) in [5, 5.41) is 114. The van der Waals surface area contributed by atoms with Gasteiger partial charge in [-0.2, -0.15) is 0 Å². The first-order valence-electron chi connectivity index (χ1n) is 22.3. The average Bonchev–Trinajstić information content (AvgIpc) is 3.52. The van der Waals surface area contributed by atoms with Gasteiger partial charge in [-0.25, -0.2) is 0 Å². The first-order valence-corrected chi connectivity index (χ1v) is 22.3. The van der Waals surface area contributed by atoms with Gasteiger partial charge in [0.2, 0.25) is 0 Å². The number of ketones is 2. The zero-order valence-electron chi connectivity index (χ0n) is 35.7. The lowest BCUT2D eigenvalue weighted by atomic mass is 9.47. The molecule has 3 saturated heterocycles. The molecule has 0 radical (unpaired) electrons. The van der Waals surface area contributed by atoms with Crippen molar-refractivity contribution in [2.75, 3.05) is 13.2 Å². The second-order valence-corrected chi connectivity index (χ2v) is 19.7. The van der Waals surface area contributed by atoms with E-state index in [-0.39, 0.29) is 58.6 Å². The van der Waals surface area contributed by atoms with Crippen LogP contribution in [0.5, 0.6) is 0 Å². The molecule has 0 aromatic carbocycles. The zero-order valence-corrected chi connectivity index (χ0v) is 35.7. The van der Waals surface area contributed by atoms with Crippen LogP contribution in [0.1, 0.15) is 85.5 Å². The minimum Gasteiger partial charge on any atom is -0.396 e. The van der Waals surface area contributed by atoms with Gasteiger partial charge in [-0.3, -0.25) is 9.59 Å². The molecule has 3 aliphatic heterocycles. The summed E-state index contributed by atoms with van der Waals surface area (Å²) in [6, 6.07) is 0. The van der Waals surface area contributed by atoms with E-state index in [4.69, 9.17) is 28.4 Å². The van der Waals surface area contributed by atoms with Crippen molar-refractivity contribution in [1.82, 2.24) is 0 Å². The summed E-state index contributed by atoms with van der Waals surface area (Å²) in [5.41, 5.74) is 0.640. The summed E-state index contributed by atoms with van der Waals surface area (Å²) in [7, 11) is 0. The lowest BCUT2D eigenvalue weighted by Gasteiger charge is -2.58. The van der Waals surface area contributed by atoms with Gasteiger partial charge < -0.3 is 84.6 Å². The quantitative estimate of drug-likeness (QED) is 0.0901. The SMILES string of the molecule is C[C@@H](CO)CCC(=O)[C@@H](C)[C@@H]1C(=O)C[C@H]2[C@@H]3CC=C4CC(O[C@@H]5OC(CO)[C@@H](O[C@@H]6OC(O)[C@H](O)C(O)C6O)C(O)C5O[C@@H]5OC(O)[C@H](O)C(O)C5O)CC[C@]4(C)[C@H]3CC[C@@]21C. The smallest absolute Gasteiger partial charge is 0.189 e. The Labute approximate surface area is 360 Å². The third kappa shape index (κ3) is 8.74. The number of rotatable bonds is 13. The van der Waals surface area contributed by atoms with Crippen molar-refractivity contribution in [1.29, 1.82) is 0 Å². The summed E-state index contributed by atoms with van der Waals surface area (Å²) < 4.78 is 34.8. The molecule has 10 unspecified atom stereocenters. The van der Waals surface area contributed by atoms with Crippen molar-refractivity contribution >= 4 is 11.6 Å². The maximum Gasteiger partial charge on any atom is 0.189 e. The van der Waals surface area contributed by atoms with Crippen LogP contribution in [0.2, 0.25) is 0 Å². The van der Waals surface area contributed by atoms with Crippen LogP contribution in [0.25, 0.3) is 0 Å². The Morgan fingerprint density at radius 3 is 1.95 bits per heavy atom. The fraction of sp³-hybridized carbons (Fsp3) is 0.907. The highest BCUT2D eigenvalue weighted by atomic mass is 16.8. The van der Waals surface area contributed by atoms with Gasteiger partial charge in [0.15, 0.2) is 31.5 Å². The van der Waals surface area contributed by atoms with Gasteiger partial charge in [0.05, 0.1) is 12.7 Å². The monoisotopic (exact) mass is 888 g/mol. The van der Waals surface area contributed by atoms with Crippen LogP contribution in [0.4, 0.5) is 0 Å². The summed E-state index contributed by atoms with van der Waals surface area (Å²) >= 11 is 0. The van der Waals surface area contributed by atoms with E-state index < -0.39 is 111 Å². The topological polar surface area (TPSA) is 312 Å². The molecule has 0 spiro atoms. The van der Waals surface area contributed by atoms with E-state index in [0.717, 1.165) is 19.3 Å². The molecule has 3 heterocycles. The van der Waals surface area contributed by atoms with Gasteiger partial charge in [-0.15, -0.1) is 0 Å². The summed E-state index contributed by atoms with van der Waals surface area (Å²) in [4.78, 5) is 27.2. The van der Waals surface area contributed by atoms with E-state index in [1.165, 1.54) is 5.57 Å². The number of hydrogen-bond acceptors (Lipinski definition) is 19. The fourth-order valence-electron chi connectivity index (χ4n) is 12.2. The first kappa shape index (κ1) is 48.3. The number of allylic oxidation sites excluding steroid dienone is 1. The number of hydrogen-bond donors (Lipinski definition) is 11. The highest BCUT2D eigenvalue weighted by Crippen LogP contribution is 2.66. The van der Waals surface area contributed by atoms with E-state index in [9.17, 15) is 65.8 Å². The lowest BCUT2D eigenvalue weighted by molar-refractivity contribution is -0.405. The van der Waals surface area contributed by atoms with E-state index in [1.54, 1.807) is 0 Å². The summed E-state index contributed by atoms with van der Waals surface area (Å²) in [5.74, 6) is 0.164. The largest absolute Gasteiger partial charge is 0.396 e. The Hall–Kier alpha value is -1.60. The number of carbonyl (C=O) groups is 2. The Kier molecular flexibility index (Phi) is 14.8. The van der Waals surface area contributed by atoms with E-state index >= 15 is 0 Å². The number of aliphatic hydroxyl groups is 11. The third-order valence-corrected chi connectivity index (χ3v) is 16.0. The Bertz CT molecular complexity index is 1620. The molecule has 7 aliphatic rings. The van der Waals surface area contributed by atoms with E-state index in [2.05, 4.69) is 19.9 Å². The van der Waals surface area contributed by atoms with Gasteiger partial charge in [0.1, 0.15) is 72.6 Å². The number of carbonyl (C=O) groups excluding carboxylic acids is 2. The number of Topliss-reactive ketones (excluding diaryl/α,β-unsaturated/α-hetero) is 2. The van der Waals surface area contributed by atoms with Gasteiger partial charge >= 0.3 is 0 Å². The van der Waals surface area contributed by atoms with Crippen molar-refractivity contribution in [3.8, 4) is 0 Å². The molecule has 11 N–H and O–H groups in total. The lowest BCUT2D eigenvalue weighted by Crippen LogP contribution is -2.67. The fourth-order valence-corrected chi connectivity index (χ4v) is 12.2. The molecule has 6 fully saturated rings. The first-order chi connectivity index (χ1) is 29.2. The summed E-state index contributed by atoms with van der Waals surface area (Å²) in [6.45, 7) is 7.49. The van der Waals surface area contributed by atoms with Gasteiger partial charge in [0, 0.05) is 31.3 Å². The van der Waals surface area contributed by atoms with Gasteiger partial charge in [-0.05, 0) is 79.4 Å². The van der Waals surface area contributed by atoms with Crippen molar-refractivity contribution in [2.24, 2.45) is 46.3 Å². The van der Waals surface area contributed by atoms with Crippen LogP contribution in [-0.4, -0.2) is 180 Å². The van der Waals surface area contributed by atoms with Crippen molar-refractivity contribution in [3.63, 3.8) is 0 Å². The second-order valence-electron chi connectivity index (χ2n) is 19.7.